The lowest BCUT2D eigenvalue weighted by molar-refractivity contribution is -0.115. The number of carbonyl (C=O) groups is 2. The van der Waals surface area contributed by atoms with Crippen molar-refractivity contribution in [1.82, 2.24) is 14.8 Å². The van der Waals surface area contributed by atoms with Crippen LogP contribution in [0.2, 0.25) is 0 Å². The summed E-state index contributed by atoms with van der Waals surface area (Å²) >= 11 is 1.50. The van der Waals surface area contributed by atoms with Crippen molar-refractivity contribution in [2.24, 2.45) is 7.05 Å². The maximum Gasteiger partial charge on any atom is 0.356 e. The Balaban J connectivity index is 1.77. The molecule has 1 amide bonds. The highest BCUT2D eigenvalue weighted by atomic mass is 32.1. The van der Waals surface area contributed by atoms with Crippen LogP contribution >= 0.6 is 11.3 Å². The zero-order chi connectivity index (χ0) is 19.6. The topological polar surface area (TPSA) is 86.1 Å². The smallest absolute Gasteiger partial charge is 0.356 e. The normalized spacial score (nSPS) is 10.7. The third-order valence-electron chi connectivity index (χ3n) is 3.99. The Morgan fingerprint density at radius 3 is 2.59 bits per heavy atom. The number of aromatic nitrogens is 3. The lowest BCUT2D eigenvalue weighted by atomic mass is 10.1. The third kappa shape index (κ3) is 4.22. The summed E-state index contributed by atoms with van der Waals surface area (Å²) in [6.07, 6.45) is 0.179. The minimum absolute atomic E-state index is 0.179. The summed E-state index contributed by atoms with van der Waals surface area (Å²) in [5.41, 5.74) is 3.24. The van der Waals surface area contributed by atoms with Gasteiger partial charge in [-0.15, -0.1) is 11.3 Å². The molecule has 0 aliphatic carbocycles. The molecule has 0 fully saturated rings. The molecular formula is C19H20N4O3S. The molecule has 0 unspecified atom stereocenters. The van der Waals surface area contributed by atoms with Crippen LogP contribution in [0, 0.1) is 13.8 Å². The van der Waals surface area contributed by atoms with Crippen LogP contribution < -0.4 is 5.32 Å². The van der Waals surface area contributed by atoms with Gasteiger partial charge in [-0.05, 0) is 13.8 Å². The number of rotatable bonds is 5. The molecule has 8 heteroatoms. The molecule has 1 N–H and O–H groups in total. The van der Waals surface area contributed by atoms with Crippen LogP contribution in [-0.4, -0.2) is 33.8 Å². The Labute approximate surface area is 161 Å². The van der Waals surface area contributed by atoms with Gasteiger partial charge >= 0.3 is 5.97 Å². The third-order valence-corrected chi connectivity index (χ3v) is 4.96. The van der Waals surface area contributed by atoms with Crippen LogP contribution in [0.5, 0.6) is 0 Å². The summed E-state index contributed by atoms with van der Waals surface area (Å²) in [6.45, 7) is 3.95. The molecule has 0 atom stereocenters. The van der Waals surface area contributed by atoms with Crippen molar-refractivity contribution in [3.63, 3.8) is 0 Å². The number of nitrogens with zero attached hydrogens (tertiary/aromatic N) is 3. The number of thiazole rings is 1. The van der Waals surface area contributed by atoms with E-state index in [2.05, 4.69) is 20.1 Å². The van der Waals surface area contributed by atoms with Gasteiger partial charge in [0.2, 0.25) is 5.91 Å². The van der Waals surface area contributed by atoms with E-state index in [0.717, 1.165) is 21.1 Å². The van der Waals surface area contributed by atoms with Crippen LogP contribution in [0.4, 0.5) is 5.82 Å². The van der Waals surface area contributed by atoms with Crippen molar-refractivity contribution in [2.45, 2.75) is 20.3 Å². The number of nitrogens with one attached hydrogen (secondary N) is 1. The minimum Gasteiger partial charge on any atom is -0.464 e. The van der Waals surface area contributed by atoms with Gasteiger partial charge in [0.1, 0.15) is 5.69 Å². The fourth-order valence-corrected chi connectivity index (χ4v) is 3.64. The van der Waals surface area contributed by atoms with Crippen LogP contribution in [0.1, 0.15) is 25.9 Å². The predicted molar refractivity (Wildman–Crippen MR) is 104 cm³/mol. The molecule has 2 heterocycles. The SMILES string of the molecule is COC(=O)c1cc(NC(=O)Cc2sc(C)nc2-c2ccc(C)cc2)nn1C. The fourth-order valence-electron chi connectivity index (χ4n) is 2.68. The van der Waals surface area contributed by atoms with Gasteiger partial charge in [0, 0.05) is 23.6 Å². The molecule has 0 aliphatic heterocycles. The Morgan fingerprint density at radius 1 is 1.22 bits per heavy atom. The van der Waals surface area contributed by atoms with Crippen molar-refractivity contribution in [2.75, 3.05) is 12.4 Å². The number of aryl methyl sites for hydroxylation is 3. The van der Waals surface area contributed by atoms with Crippen molar-refractivity contribution in [3.8, 4) is 11.3 Å². The van der Waals surface area contributed by atoms with Crippen LogP contribution in [0.3, 0.4) is 0 Å². The number of anilines is 1. The molecule has 1 aromatic carbocycles. The largest absolute Gasteiger partial charge is 0.464 e. The molecular weight excluding hydrogens is 364 g/mol. The van der Waals surface area contributed by atoms with Gasteiger partial charge in [-0.1, -0.05) is 29.8 Å². The first kappa shape index (κ1) is 18.8. The second-order valence-electron chi connectivity index (χ2n) is 6.13. The average molecular weight is 384 g/mol. The van der Waals surface area contributed by atoms with Crippen molar-refractivity contribution in [1.29, 1.82) is 0 Å². The van der Waals surface area contributed by atoms with Gasteiger partial charge in [-0.25, -0.2) is 9.78 Å². The van der Waals surface area contributed by atoms with Crippen LogP contribution in [0.25, 0.3) is 11.3 Å². The first-order chi connectivity index (χ1) is 12.9. The standard InChI is InChI=1S/C19H20N4O3S/c1-11-5-7-13(8-6-11)18-15(27-12(2)20-18)10-17(24)21-16-9-14(19(25)26-4)23(3)22-16/h5-9H,10H2,1-4H3,(H,21,22,24). The van der Waals surface area contributed by atoms with E-state index in [1.165, 1.54) is 34.8 Å². The summed E-state index contributed by atoms with van der Waals surface area (Å²) in [7, 11) is 2.91. The second-order valence-corrected chi connectivity index (χ2v) is 7.41. The van der Waals surface area contributed by atoms with Gasteiger partial charge in [-0.2, -0.15) is 5.10 Å². The number of hydrogen-bond acceptors (Lipinski definition) is 6. The number of amides is 1. The van der Waals surface area contributed by atoms with E-state index in [9.17, 15) is 9.59 Å². The van der Waals surface area contributed by atoms with Crippen molar-refractivity contribution in [3.05, 3.63) is 51.5 Å². The van der Waals surface area contributed by atoms with Gasteiger partial charge in [0.15, 0.2) is 5.82 Å². The lowest BCUT2D eigenvalue weighted by Crippen LogP contribution is -2.14. The minimum atomic E-state index is -0.509. The average Bonchev–Trinajstić information content (AvgIpc) is 3.17. The maximum absolute atomic E-state index is 12.5. The maximum atomic E-state index is 12.5. The van der Waals surface area contributed by atoms with E-state index in [0.29, 0.717) is 5.82 Å². The van der Waals surface area contributed by atoms with Crippen molar-refractivity contribution < 1.29 is 14.3 Å². The molecule has 27 heavy (non-hydrogen) atoms. The fraction of sp³-hybridized carbons (Fsp3) is 0.263. The van der Waals surface area contributed by atoms with Crippen molar-refractivity contribution >= 4 is 29.0 Å². The number of benzene rings is 1. The van der Waals surface area contributed by atoms with Crippen LogP contribution in [-0.2, 0) is 23.0 Å². The van der Waals surface area contributed by atoms with E-state index >= 15 is 0 Å². The van der Waals surface area contributed by atoms with E-state index in [-0.39, 0.29) is 18.0 Å². The first-order valence-corrected chi connectivity index (χ1v) is 9.14. The quantitative estimate of drug-likeness (QED) is 0.683. The highest BCUT2D eigenvalue weighted by molar-refractivity contribution is 7.12. The molecule has 0 bridgehead atoms. The van der Waals surface area contributed by atoms with E-state index in [1.54, 1.807) is 7.05 Å². The summed E-state index contributed by atoms with van der Waals surface area (Å²) in [5, 5.41) is 7.76. The molecule has 3 rings (SSSR count). The number of ether oxygens (including phenoxy) is 1. The van der Waals surface area contributed by atoms with Gasteiger partial charge in [-0.3, -0.25) is 9.48 Å². The molecule has 7 nitrogen and oxygen atoms in total. The molecule has 140 valence electrons. The zero-order valence-corrected chi connectivity index (χ0v) is 16.4. The molecule has 0 saturated carbocycles. The first-order valence-electron chi connectivity index (χ1n) is 8.33. The molecule has 3 aromatic rings. The molecule has 2 aromatic heterocycles. The summed E-state index contributed by atoms with van der Waals surface area (Å²) in [4.78, 5) is 29.6. The number of carbonyl (C=O) groups excluding carboxylic acids is 2. The van der Waals surface area contributed by atoms with Gasteiger partial charge < -0.3 is 10.1 Å². The molecule has 0 spiro atoms. The highest BCUT2D eigenvalue weighted by Gasteiger charge is 2.18. The zero-order valence-electron chi connectivity index (χ0n) is 15.6. The number of methoxy groups -OCH3 is 1. The molecule has 0 radical (unpaired) electrons. The van der Waals surface area contributed by atoms with E-state index in [1.807, 2.05) is 38.1 Å². The number of hydrogen-bond donors (Lipinski definition) is 1. The Bertz CT molecular complexity index is 989. The summed E-state index contributed by atoms with van der Waals surface area (Å²) in [5.74, 6) is -0.423. The van der Waals surface area contributed by atoms with Gasteiger partial charge in [0.25, 0.3) is 0 Å². The Hall–Kier alpha value is -3.00. The Kier molecular flexibility index (Phi) is 5.36. The molecule has 0 saturated heterocycles. The monoisotopic (exact) mass is 384 g/mol. The Morgan fingerprint density at radius 2 is 1.93 bits per heavy atom. The van der Waals surface area contributed by atoms with Gasteiger partial charge in [0.05, 0.1) is 24.2 Å². The van der Waals surface area contributed by atoms with Crippen LogP contribution in [0.15, 0.2) is 30.3 Å². The second kappa shape index (κ2) is 7.71. The number of esters is 1. The van der Waals surface area contributed by atoms with E-state index in [4.69, 9.17) is 0 Å². The highest BCUT2D eigenvalue weighted by Crippen LogP contribution is 2.29. The molecule has 0 aliphatic rings. The summed E-state index contributed by atoms with van der Waals surface area (Å²) < 4.78 is 6.06. The predicted octanol–water partition coefficient (Wildman–Crippen LogP) is 3.13. The lowest BCUT2D eigenvalue weighted by Gasteiger charge is -2.04. The van der Waals surface area contributed by atoms with E-state index < -0.39 is 5.97 Å². The summed E-state index contributed by atoms with van der Waals surface area (Å²) in [6, 6.07) is 9.55.